The number of carbonyl (C=O) groups is 2. The van der Waals surface area contributed by atoms with E-state index in [2.05, 4.69) is 20.9 Å². The zero-order valence-electron chi connectivity index (χ0n) is 16.6. The van der Waals surface area contributed by atoms with E-state index < -0.39 is 0 Å². The maximum atomic E-state index is 12.4. The molecule has 2 amide bonds. The molecule has 1 atom stereocenters. The molecule has 1 unspecified atom stereocenters. The normalized spacial score (nSPS) is 20.9. The second-order valence-electron chi connectivity index (χ2n) is 7.48. The lowest BCUT2D eigenvalue weighted by atomic mass is 9.95. The molecule has 7 nitrogen and oxygen atoms in total. The van der Waals surface area contributed by atoms with Gasteiger partial charge in [-0.05, 0) is 31.9 Å². The van der Waals surface area contributed by atoms with Gasteiger partial charge in [0, 0.05) is 31.2 Å². The fourth-order valence-corrected chi connectivity index (χ4v) is 3.85. The average molecular weight is 386 g/mol. The molecule has 1 aliphatic carbocycles. The standard InChI is InChI=1S/C21H31N5O2/c1-2-22-21(23-14-19(27)24-16-9-5-3-6-10-16)25-17-13-20(28)26(15-17)18-11-7-4-8-12-18/h4,7-8,11-12,16-17H,2-3,5-6,9-10,13-15H2,1H3,(H,24,27)(H2,22,23,25). The lowest BCUT2D eigenvalue weighted by Crippen LogP contribution is -2.45. The van der Waals surface area contributed by atoms with Crippen molar-refractivity contribution in [1.29, 1.82) is 0 Å². The van der Waals surface area contributed by atoms with Crippen molar-refractivity contribution in [3.05, 3.63) is 30.3 Å². The summed E-state index contributed by atoms with van der Waals surface area (Å²) in [5.41, 5.74) is 0.908. The number of anilines is 1. The molecule has 2 fully saturated rings. The Labute approximate surface area is 167 Å². The van der Waals surface area contributed by atoms with Gasteiger partial charge in [-0.15, -0.1) is 0 Å². The predicted octanol–water partition coefficient (Wildman–Crippen LogP) is 1.80. The number of carbonyl (C=O) groups excluding carboxylic acids is 2. The first-order chi connectivity index (χ1) is 13.7. The first kappa shape index (κ1) is 20.2. The molecule has 7 heteroatoms. The highest BCUT2D eigenvalue weighted by atomic mass is 16.2. The van der Waals surface area contributed by atoms with Crippen LogP contribution < -0.4 is 20.9 Å². The summed E-state index contributed by atoms with van der Waals surface area (Å²) in [4.78, 5) is 30.8. The summed E-state index contributed by atoms with van der Waals surface area (Å²) in [5.74, 6) is 0.626. The number of para-hydroxylation sites is 1. The van der Waals surface area contributed by atoms with Gasteiger partial charge in [0.2, 0.25) is 11.8 Å². The SMILES string of the molecule is CCNC(=NCC(=O)NC1CCCCC1)NC1CC(=O)N(c2ccccc2)C1. The largest absolute Gasteiger partial charge is 0.357 e. The van der Waals surface area contributed by atoms with Crippen LogP contribution in [0, 0.1) is 0 Å². The number of nitrogens with one attached hydrogen (secondary N) is 3. The number of rotatable bonds is 6. The van der Waals surface area contributed by atoms with Gasteiger partial charge in [0.05, 0.1) is 6.04 Å². The van der Waals surface area contributed by atoms with E-state index >= 15 is 0 Å². The minimum absolute atomic E-state index is 0.0353. The van der Waals surface area contributed by atoms with Gasteiger partial charge < -0.3 is 20.9 Å². The molecule has 0 aromatic heterocycles. The fraction of sp³-hybridized carbons (Fsp3) is 0.571. The topological polar surface area (TPSA) is 85.8 Å². The molecule has 3 rings (SSSR count). The zero-order chi connectivity index (χ0) is 19.8. The molecule has 1 heterocycles. The smallest absolute Gasteiger partial charge is 0.242 e. The summed E-state index contributed by atoms with van der Waals surface area (Å²) in [5, 5.41) is 9.55. The van der Waals surface area contributed by atoms with E-state index in [-0.39, 0.29) is 24.4 Å². The van der Waals surface area contributed by atoms with Crippen LogP contribution in [0.5, 0.6) is 0 Å². The summed E-state index contributed by atoms with van der Waals surface area (Å²) < 4.78 is 0. The Balaban J connectivity index is 1.53. The molecule has 0 radical (unpaired) electrons. The third-order valence-electron chi connectivity index (χ3n) is 5.23. The second kappa shape index (κ2) is 10.1. The molecule has 152 valence electrons. The molecule has 1 aromatic rings. The number of guanidine groups is 1. The van der Waals surface area contributed by atoms with Crippen molar-refractivity contribution in [3.63, 3.8) is 0 Å². The Bertz CT molecular complexity index is 685. The zero-order valence-corrected chi connectivity index (χ0v) is 16.6. The first-order valence-electron chi connectivity index (χ1n) is 10.4. The Morgan fingerprint density at radius 3 is 2.57 bits per heavy atom. The monoisotopic (exact) mass is 385 g/mol. The highest BCUT2D eigenvalue weighted by molar-refractivity contribution is 5.97. The first-order valence-corrected chi connectivity index (χ1v) is 10.4. The van der Waals surface area contributed by atoms with E-state index in [1.54, 1.807) is 4.90 Å². The molecule has 2 aliphatic rings. The van der Waals surface area contributed by atoms with Crippen LogP contribution in [0.15, 0.2) is 35.3 Å². The van der Waals surface area contributed by atoms with Gasteiger partial charge >= 0.3 is 0 Å². The lowest BCUT2D eigenvalue weighted by molar-refractivity contribution is -0.120. The summed E-state index contributed by atoms with van der Waals surface area (Å²) >= 11 is 0. The molecule has 1 aromatic carbocycles. The summed E-state index contributed by atoms with van der Waals surface area (Å²) in [7, 11) is 0. The van der Waals surface area contributed by atoms with E-state index in [9.17, 15) is 9.59 Å². The van der Waals surface area contributed by atoms with E-state index in [1.807, 2.05) is 37.3 Å². The summed E-state index contributed by atoms with van der Waals surface area (Å²) in [6.07, 6.45) is 6.17. The highest BCUT2D eigenvalue weighted by Gasteiger charge is 2.31. The van der Waals surface area contributed by atoms with Crippen LogP contribution >= 0.6 is 0 Å². The lowest BCUT2D eigenvalue weighted by Gasteiger charge is -2.22. The van der Waals surface area contributed by atoms with Crippen LogP contribution in [0.3, 0.4) is 0 Å². The maximum absolute atomic E-state index is 12.4. The molecular formula is C21H31N5O2. The minimum atomic E-state index is -0.0440. The van der Waals surface area contributed by atoms with Gasteiger partial charge in [-0.3, -0.25) is 9.59 Å². The number of aliphatic imine (C=N–C) groups is 1. The third-order valence-corrected chi connectivity index (χ3v) is 5.23. The number of amides is 2. The quantitative estimate of drug-likeness (QED) is 0.515. The van der Waals surface area contributed by atoms with Gasteiger partial charge in [0.25, 0.3) is 0 Å². The third kappa shape index (κ3) is 5.71. The molecule has 0 spiro atoms. The fourth-order valence-electron chi connectivity index (χ4n) is 3.85. The van der Waals surface area contributed by atoms with Crippen LogP contribution in [-0.2, 0) is 9.59 Å². The molecule has 1 saturated carbocycles. The molecule has 1 saturated heterocycles. The Kier molecular flexibility index (Phi) is 7.28. The highest BCUT2D eigenvalue weighted by Crippen LogP contribution is 2.21. The molecule has 3 N–H and O–H groups in total. The van der Waals surface area contributed by atoms with Crippen LogP contribution in [0.1, 0.15) is 45.4 Å². The van der Waals surface area contributed by atoms with Crippen molar-refractivity contribution < 1.29 is 9.59 Å². The average Bonchev–Trinajstić information content (AvgIpc) is 3.08. The molecule has 1 aliphatic heterocycles. The predicted molar refractivity (Wildman–Crippen MR) is 111 cm³/mol. The molecular weight excluding hydrogens is 354 g/mol. The van der Waals surface area contributed by atoms with E-state index in [4.69, 9.17) is 0 Å². The molecule has 0 bridgehead atoms. The van der Waals surface area contributed by atoms with E-state index in [0.717, 1.165) is 18.5 Å². The minimum Gasteiger partial charge on any atom is -0.357 e. The van der Waals surface area contributed by atoms with Gasteiger partial charge in [-0.2, -0.15) is 0 Å². The second-order valence-corrected chi connectivity index (χ2v) is 7.48. The maximum Gasteiger partial charge on any atom is 0.242 e. The number of hydrogen-bond acceptors (Lipinski definition) is 3. The summed E-state index contributed by atoms with van der Waals surface area (Å²) in [6.45, 7) is 3.35. The van der Waals surface area contributed by atoms with Gasteiger partial charge in [-0.25, -0.2) is 4.99 Å². The van der Waals surface area contributed by atoms with Gasteiger partial charge in [0.1, 0.15) is 6.54 Å². The summed E-state index contributed by atoms with van der Waals surface area (Å²) in [6, 6.07) is 9.93. The van der Waals surface area contributed by atoms with Gasteiger partial charge in [0.15, 0.2) is 5.96 Å². The van der Waals surface area contributed by atoms with Crippen LogP contribution in [0.25, 0.3) is 0 Å². The Morgan fingerprint density at radius 1 is 1.11 bits per heavy atom. The Hall–Kier alpha value is -2.57. The van der Waals surface area contributed by atoms with Crippen molar-refractivity contribution in [3.8, 4) is 0 Å². The molecule has 28 heavy (non-hydrogen) atoms. The van der Waals surface area contributed by atoms with Crippen molar-refractivity contribution >= 4 is 23.5 Å². The number of hydrogen-bond donors (Lipinski definition) is 3. The van der Waals surface area contributed by atoms with Crippen LogP contribution in [-0.4, -0.2) is 49.5 Å². The Morgan fingerprint density at radius 2 is 1.86 bits per heavy atom. The number of nitrogens with zero attached hydrogens (tertiary/aromatic N) is 2. The van der Waals surface area contributed by atoms with Crippen LogP contribution in [0.2, 0.25) is 0 Å². The van der Waals surface area contributed by atoms with Gasteiger partial charge in [-0.1, -0.05) is 37.5 Å². The van der Waals surface area contributed by atoms with Crippen LogP contribution in [0.4, 0.5) is 5.69 Å². The van der Waals surface area contributed by atoms with Crippen molar-refractivity contribution in [1.82, 2.24) is 16.0 Å². The van der Waals surface area contributed by atoms with E-state index in [0.29, 0.717) is 31.5 Å². The van der Waals surface area contributed by atoms with Crippen molar-refractivity contribution in [2.24, 2.45) is 4.99 Å². The number of benzene rings is 1. The van der Waals surface area contributed by atoms with Crippen molar-refractivity contribution in [2.75, 3.05) is 24.5 Å². The van der Waals surface area contributed by atoms with E-state index in [1.165, 1.54) is 19.3 Å². The van der Waals surface area contributed by atoms with Crippen molar-refractivity contribution in [2.45, 2.75) is 57.5 Å².